The fraction of sp³-hybridized carbons (Fsp3) is 0.556. The summed E-state index contributed by atoms with van der Waals surface area (Å²) in [6.07, 6.45) is 3.66. The molecule has 0 N–H and O–H groups in total. The Morgan fingerprint density at radius 2 is 1.76 bits per heavy atom. The number of hydrogen-bond donors (Lipinski definition) is 0. The van der Waals surface area contributed by atoms with E-state index in [9.17, 15) is 19.7 Å². The molecule has 0 aliphatic heterocycles. The minimum absolute atomic E-state index is 0.0347. The van der Waals surface area contributed by atoms with Gasteiger partial charge in [-0.2, -0.15) is 0 Å². The molecule has 0 spiro atoms. The van der Waals surface area contributed by atoms with Crippen LogP contribution < -0.4 is 0 Å². The van der Waals surface area contributed by atoms with Gasteiger partial charge in [-0.25, -0.2) is 0 Å². The largest absolute Gasteiger partial charge is 0.466 e. The highest BCUT2D eigenvalue weighted by Gasteiger charge is 2.11. The Bertz CT molecular complexity index is 599. The predicted molar refractivity (Wildman–Crippen MR) is 92.0 cm³/mol. The SMILES string of the molecule is CCCCCOC(=O)CCCC(=O)OCc1ccc([N+](=O)[O-])c(C)c1. The number of nitro benzene ring substituents is 1. The van der Waals surface area contributed by atoms with E-state index in [1.165, 1.54) is 6.07 Å². The lowest BCUT2D eigenvalue weighted by atomic mass is 10.1. The summed E-state index contributed by atoms with van der Waals surface area (Å²) in [6.45, 7) is 4.19. The van der Waals surface area contributed by atoms with Crippen molar-refractivity contribution in [1.29, 1.82) is 0 Å². The maximum atomic E-state index is 11.7. The molecule has 0 saturated heterocycles. The lowest BCUT2D eigenvalue weighted by Crippen LogP contribution is -2.09. The average molecular weight is 351 g/mol. The van der Waals surface area contributed by atoms with Crippen molar-refractivity contribution in [3.05, 3.63) is 39.4 Å². The standard InChI is InChI=1S/C18H25NO6/c1-3-4-5-11-24-17(20)7-6-8-18(21)25-13-15-9-10-16(19(22)23)14(2)12-15/h9-10,12H,3-8,11,13H2,1-2H3. The smallest absolute Gasteiger partial charge is 0.306 e. The first-order valence-electron chi connectivity index (χ1n) is 8.49. The molecule has 0 bridgehead atoms. The number of hydrogen-bond acceptors (Lipinski definition) is 6. The van der Waals surface area contributed by atoms with Gasteiger partial charge < -0.3 is 9.47 Å². The van der Waals surface area contributed by atoms with Crippen molar-refractivity contribution >= 4 is 17.6 Å². The van der Waals surface area contributed by atoms with Gasteiger partial charge in [0.25, 0.3) is 5.69 Å². The maximum Gasteiger partial charge on any atom is 0.306 e. The van der Waals surface area contributed by atoms with Crippen molar-refractivity contribution < 1.29 is 24.0 Å². The van der Waals surface area contributed by atoms with E-state index in [1.807, 2.05) is 0 Å². The Hall–Kier alpha value is -2.44. The number of esters is 2. The van der Waals surface area contributed by atoms with Crippen LogP contribution >= 0.6 is 0 Å². The zero-order chi connectivity index (χ0) is 18.7. The van der Waals surface area contributed by atoms with E-state index in [0.717, 1.165) is 19.3 Å². The number of nitrogens with zero attached hydrogens (tertiary/aromatic N) is 1. The number of rotatable bonds is 11. The van der Waals surface area contributed by atoms with Gasteiger partial charge in [0, 0.05) is 24.5 Å². The van der Waals surface area contributed by atoms with E-state index in [4.69, 9.17) is 9.47 Å². The molecule has 138 valence electrons. The molecule has 0 amide bonds. The third kappa shape index (κ3) is 8.28. The molecule has 0 radical (unpaired) electrons. The number of aryl methyl sites for hydroxylation is 1. The second-order valence-electron chi connectivity index (χ2n) is 5.82. The average Bonchev–Trinajstić information content (AvgIpc) is 2.56. The van der Waals surface area contributed by atoms with E-state index in [-0.39, 0.29) is 31.1 Å². The summed E-state index contributed by atoms with van der Waals surface area (Å²) in [7, 11) is 0. The Balaban J connectivity index is 2.23. The van der Waals surface area contributed by atoms with Crippen molar-refractivity contribution in [1.82, 2.24) is 0 Å². The van der Waals surface area contributed by atoms with Gasteiger partial charge in [0.2, 0.25) is 0 Å². The molecule has 0 saturated carbocycles. The van der Waals surface area contributed by atoms with Crippen molar-refractivity contribution in [3.63, 3.8) is 0 Å². The highest BCUT2D eigenvalue weighted by Crippen LogP contribution is 2.19. The first-order valence-corrected chi connectivity index (χ1v) is 8.49. The molecule has 1 aromatic carbocycles. The number of ether oxygens (including phenoxy) is 2. The van der Waals surface area contributed by atoms with Gasteiger partial charge in [-0.1, -0.05) is 19.8 Å². The molecule has 0 aromatic heterocycles. The molecule has 1 aromatic rings. The molecule has 1 rings (SSSR count). The van der Waals surface area contributed by atoms with Crippen molar-refractivity contribution in [3.8, 4) is 0 Å². The van der Waals surface area contributed by atoms with Crippen LogP contribution in [0.25, 0.3) is 0 Å². The minimum atomic E-state index is -0.452. The summed E-state index contributed by atoms with van der Waals surface area (Å²) < 4.78 is 10.2. The lowest BCUT2D eigenvalue weighted by Gasteiger charge is -2.06. The topological polar surface area (TPSA) is 95.7 Å². The minimum Gasteiger partial charge on any atom is -0.466 e. The molecule has 0 aliphatic carbocycles. The van der Waals surface area contributed by atoms with E-state index in [2.05, 4.69) is 6.92 Å². The Kier molecular flexibility index (Phi) is 9.21. The summed E-state index contributed by atoms with van der Waals surface area (Å²) in [4.78, 5) is 33.4. The summed E-state index contributed by atoms with van der Waals surface area (Å²) >= 11 is 0. The molecular formula is C18H25NO6. The van der Waals surface area contributed by atoms with Crippen LogP contribution in [0.1, 0.15) is 56.6 Å². The number of unbranched alkanes of at least 4 members (excludes halogenated alkanes) is 2. The fourth-order valence-electron chi connectivity index (χ4n) is 2.24. The molecule has 0 fully saturated rings. The number of benzene rings is 1. The molecule has 0 atom stereocenters. The molecule has 25 heavy (non-hydrogen) atoms. The van der Waals surface area contributed by atoms with Gasteiger partial charge >= 0.3 is 11.9 Å². The van der Waals surface area contributed by atoms with Gasteiger partial charge in [0.15, 0.2) is 0 Å². The van der Waals surface area contributed by atoms with Crippen LogP contribution in [0.15, 0.2) is 18.2 Å². The van der Waals surface area contributed by atoms with Crippen LogP contribution in [-0.2, 0) is 25.7 Å². The molecule has 7 heteroatoms. The van der Waals surface area contributed by atoms with Crippen molar-refractivity contribution in [2.24, 2.45) is 0 Å². The van der Waals surface area contributed by atoms with Crippen LogP contribution in [0, 0.1) is 17.0 Å². The highest BCUT2D eigenvalue weighted by atomic mass is 16.6. The molecule has 0 heterocycles. The van der Waals surface area contributed by atoms with Gasteiger partial charge in [0.05, 0.1) is 11.5 Å². The van der Waals surface area contributed by atoms with E-state index in [0.29, 0.717) is 24.2 Å². The van der Waals surface area contributed by atoms with Crippen molar-refractivity contribution in [2.45, 2.75) is 59.0 Å². The maximum absolute atomic E-state index is 11.7. The third-order valence-electron chi connectivity index (χ3n) is 3.63. The fourth-order valence-corrected chi connectivity index (χ4v) is 2.24. The predicted octanol–water partition coefficient (Wildman–Crippen LogP) is 3.85. The molecule has 0 aliphatic rings. The second-order valence-corrected chi connectivity index (χ2v) is 5.82. The quantitative estimate of drug-likeness (QED) is 0.260. The van der Waals surface area contributed by atoms with Gasteiger partial charge in [-0.15, -0.1) is 0 Å². The monoisotopic (exact) mass is 351 g/mol. The van der Waals surface area contributed by atoms with Crippen LogP contribution in [0.3, 0.4) is 0 Å². The Labute approximate surface area is 147 Å². The molecule has 7 nitrogen and oxygen atoms in total. The Morgan fingerprint density at radius 1 is 1.08 bits per heavy atom. The normalized spacial score (nSPS) is 10.3. The van der Waals surface area contributed by atoms with Crippen molar-refractivity contribution in [2.75, 3.05) is 6.61 Å². The van der Waals surface area contributed by atoms with Gasteiger partial charge in [0.1, 0.15) is 6.61 Å². The summed E-state index contributed by atoms with van der Waals surface area (Å²) in [6, 6.07) is 4.58. The first kappa shape index (κ1) is 20.6. The van der Waals surface area contributed by atoms with Gasteiger partial charge in [-0.3, -0.25) is 19.7 Å². The summed E-state index contributed by atoms with van der Waals surface area (Å²) in [5.41, 5.74) is 1.24. The van der Waals surface area contributed by atoms with Crippen LogP contribution in [0.4, 0.5) is 5.69 Å². The summed E-state index contributed by atoms with van der Waals surface area (Å²) in [5, 5.41) is 10.8. The Morgan fingerprint density at radius 3 is 2.36 bits per heavy atom. The second kappa shape index (κ2) is 11.2. The van der Waals surface area contributed by atoms with E-state index >= 15 is 0 Å². The van der Waals surface area contributed by atoms with Gasteiger partial charge in [-0.05, 0) is 37.5 Å². The van der Waals surface area contributed by atoms with E-state index in [1.54, 1.807) is 19.1 Å². The summed E-state index contributed by atoms with van der Waals surface area (Å²) in [5.74, 6) is -0.704. The van der Waals surface area contributed by atoms with Crippen LogP contribution in [0.5, 0.6) is 0 Å². The number of nitro groups is 1. The van der Waals surface area contributed by atoms with E-state index < -0.39 is 10.9 Å². The highest BCUT2D eigenvalue weighted by molar-refractivity contribution is 5.72. The zero-order valence-corrected chi connectivity index (χ0v) is 14.8. The molecule has 0 unspecified atom stereocenters. The first-order chi connectivity index (χ1) is 11.9. The van der Waals surface area contributed by atoms with Crippen LogP contribution in [-0.4, -0.2) is 23.5 Å². The zero-order valence-electron chi connectivity index (χ0n) is 14.8. The number of carbonyl (C=O) groups is 2. The lowest BCUT2D eigenvalue weighted by molar-refractivity contribution is -0.385. The molecular weight excluding hydrogens is 326 g/mol. The number of carbonyl (C=O) groups excluding carboxylic acids is 2. The third-order valence-corrected chi connectivity index (χ3v) is 3.63. The van der Waals surface area contributed by atoms with Crippen LogP contribution in [0.2, 0.25) is 0 Å².